The molecule has 0 fully saturated rings. The maximum atomic E-state index is 12.1. The fourth-order valence-electron chi connectivity index (χ4n) is 1.25. The third-order valence-corrected chi connectivity index (χ3v) is 4.62. The molecule has 98 valence electrons. The lowest BCUT2D eigenvalue weighted by Crippen LogP contribution is -2.42. The van der Waals surface area contributed by atoms with E-state index in [2.05, 4.69) is 10.6 Å². The van der Waals surface area contributed by atoms with Crippen LogP contribution in [0.2, 0.25) is 10.0 Å². The molecule has 1 aromatic rings. The number of nitrogens with two attached hydrogens (primary N) is 1. The highest BCUT2D eigenvalue weighted by atomic mass is 35.5. The van der Waals surface area contributed by atoms with Crippen molar-refractivity contribution in [3.05, 3.63) is 22.2 Å². The fraction of sp³-hybridized carbons (Fsp3) is 0.273. The Kier molecular flexibility index (Phi) is 4.19. The summed E-state index contributed by atoms with van der Waals surface area (Å²) in [5, 5.41) is -0.111. The van der Waals surface area contributed by atoms with Gasteiger partial charge in [0, 0.05) is 5.69 Å². The number of sulfonamides is 1. The zero-order chi connectivity index (χ0) is 14.1. The van der Waals surface area contributed by atoms with Gasteiger partial charge in [0.05, 0.1) is 15.6 Å². The molecule has 18 heavy (non-hydrogen) atoms. The Morgan fingerprint density at radius 2 is 1.78 bits per heavy atom. The molecule has 1 rings (SSSR count). The van der Waals surface area contributed by atoms with E-state index in [0.717, 1.165) is 0 Å². The second-order valence-electron chi connectivity index (χ2n) is 4.19. The first-order chi connectivity index (χ1) is 8.09. The van der Waals surface area contributed by atoms with Gasteiger partial charge in [-0.25, -0.2) is 8.42 Å². The van der Waals surface area contributed by atoms with Gasteiger partial charge in [0.1, 0.15) is 4.90 Å². The Hall–Kier alpha value is -0.930. The number of rotatable bonds is 3. The van der Waals surface area contributed by atoms with Gasteiger partial charge in [-0.2, -0.15) is 4.72 Å². The van der Waals surface area contributed by atoms with E-state index in [-0.39, 0.29) is 20.6 Å². The zero-order valence-corrected chi connectivity index (χ0v) is 12.1. The summed E-state index contributed by atoms with van der Waals surface area (Å²) in [5.41, 5.74) is 4.74. The highest BCUT2D eigenvalue weighted by molar-refractivity contribution is 7.89. The van der Waals surface area contributed by atoms with Crippen molar-refractivity contribution in [2.75, 3.05) is 5.73 Å². The van der Waals surface area contributed by atoms with E-state index in [1.165, 1.54) is 12.1 Å². The van der Waals surface area contributed by atoms with Crippen molar-refractivity contribution in [1.29, 1.82) is 0 Å². The Labute approximate surface area is 117 Å². The van der Waals surface area contributed by atoms with Crippen LogP contribution in [0.5, 0.6) is 0 Å². The van der Waals surface area contributed by atoms with Crippen LogP contribution in [-0.4, -0.2) is 14.0 Å². The molecule has 0 radical (unpaired) electrons. The third kappa shape index (κ3) is 3.30. The van der Waals surface area contributed by atoms with Crippen molar-refractivity contribution < 1.29 is 8.42 Å². The number of terminal acetylenes is 1. The van der Waals surface area contributed by atoms with Gasteiger partial charge in [-0.1, -0.05) is 29.1 Å². The van der Waals surface area contributed by atoms with Gasteiger partial charge < -0.3 is 5.73 Å². The molecule has 7 heteroatoms. The number of hydrogen-bond acceptors (Lipinski definition) is 3. The molecular weight excluding hydrogens is 295 g/mol. The number of nitrogen functional groups attached to an aromatic ring is 1. The lowest BCUT2D eigenvalue weighted by molar-refractivity contribution is 0.539. The molecule has 0 aliphatic heterocycles. The molecule has 0 unspecified atom stereocenters. The summed E-state index contributed by atoms with van der Waals surface area (Å²) in [5.74, 6) is 2.32. The molecule has 0 amide bonds. The molecule has 0 saturated heterocycles. The van der Waals surface area contributed by atoms with Crippen LogP contribution in [0, 0.1) is 12.3 Å². The second-order valence-corrected chi connectivity index (χ2v) is 6.62. The quantitative estimate of drug-likeness (QED) is 0.664. The molecule has 0 heterocycles. The summed E-state index contributed by atoms with van der Waals surface area (Å²) < 4.78 is 26.6. The molecule has 0 saturated carbocycles. The minimum atomic E-state index is -3.92. The Morgan fingerprint density at radius 3 is 2.17 bits per heavy atom. The van der Waals surface area contributed by atoms with Crippen molar-refractivity contribution in [2.24, 2.45) is 0 Å². The predicted molar refractivity (Wildman–Crippen MR) is 74.1 cm³/mol. The predicted octanol–water partition coefficient (Wildman–Crippen LogP) is 2.27. The Balaban J connectivity index is 3.36. The van der Waals surface area contributed by atoms with Crippen molar-refractivity contribution >= 4 is 38.9 Å². The van der Waals surface area contributed by atoms with Gasteiger partial charge in [0.2, 0.25) is 10.0 Å². The zero-order valence-electron chi connectivity index (χ0n) is 9.79. The van der Waals surface area contributed by atoms with Crippen LogP contribution in [-0.2, 0) is 10.0 Å². The van der Waals surface area contributed by atoms with Crippen LogP contribution in [0.15, 0.2) is 17.0 Å². The molecule has 1 aromatic carbocycles. The average molecular weight is 307 g/mol. The van der Waals surface area contributed by atoms with E-state index >= 15 is 0 Å². The van der Waals surface area contributed by atoms with Gasteiger partial charge in [-0.3, -0.25) is 0 Å². The molecule has 0 atom stereocenters. The summed E-state index contributed by atoms with van der Waals surface area (Å²) in [7, 11) is -3.92. The van der Waals surface area contributed by atoms with Crippen LogP contribution in [0.1, 0.15) is 13.8 Å². The lowest BCUT2D eigenvalue weighted by Gasteiger charge is -2.20. The van der Waals surface area contributed by atoms with Gasteiger partial charge >= 0.3 is 0 Å². The molecule has 0 bridgehead atoms. The van der Waals surface area contributed by atoms with Crippen molar-refractivity contribution in [1.82, 2.24) is 4.72 Å². The maximum absolute atomic E-state index is 12.1. The number of benzene rings is 1. The molecule has 4 nitrogen and oxygen atoms in total. The number of hydrogen-bond donors (Lipinski definition) is 2. The topological polar surface area (TPSA) is 72.2 Å². The number of anilines is 1. The van der Waals surface area contributed by atoms with E-state index in [9.17, 15) is 8.42 Å². The van der Waals surface area contributed by atoms with Crippen LogP contribution in [0.4, 0.5) is 5.69 Å². The highest BCUT2D eigenvalue weighted by Crippen LogP contribution is 2.32. The largest absolute Gasteiger partial charge is 0.399 e. The third-order valence-electron chi connectivity index (χ3n) is 2.04. The van der Waals surface area contributed by atoms with Crippen molar-refractivity contribution in [3.63, 3.8) is 0 Å². The van der Waals surface area contributed by atoms with Gasteiger partial charge in [-0.15, -0.1) is 6.42 Å². The maximum Gasteiger partial charge on any atom is 0.244 e. The highest BCUT2D eigenvalue weighted by Gasteiger charge is 2.28. The van der Waals surface area contributed by atoms with E-state index < -0.39 is 15.6 Å². The van der Waals surface area contributed by atoms with Crippen molar-refractivity contribution in [2.45, 2.75) is 24.3 Å². The second kappa shape index (κ2) is 4.98. The smallest absolute Gasteiger partial charge is 0.244 e. The lowest BCUT2D eigenvalue weighted by atomic mass is 10.1. The monoisotopic (exact) mass is 306 g/mol. The number of halogens is 2. The van der Waals surface area contributed by atoms with Gasteiger partial charge in [-0.05, 0) is 26.0 Å². The molecular formula is C11H12Cl2N2O2S. The average Bonchev–Trinajstić information content (AvgIpc) is 2.13. The summed E-state index contributed by atoms with van der Waals surface area (Å²) in [6, 6.07) is 2.62. The van der Waals surface area contributed by atoms with E-state index in [1.807, 2.05) is 0 Å². The van der Waals surface area contributed by atoms with Gasteiger partial charge in [0.15, 0.2) is 0 Å². The van der Waals surface area contributed by atoms with Crippen LogP contribution in [0.25, 0.3) is 0 Å². The van der Waals surface area contributed by atoms with E-state index in [4.69, 9.17) is 35.4 Å². The first-order valence-corrected chi connectivity index (χ1v) is 7.09. The summed E-state index contributed by atoms with van der Waals surface area (Å²) in [6.07, 6.45) is 5.23. The Bertz CT molecular complexity index is 595. The first-order valence-electron chi connectivity index (χ1n) is 4.85. The normalized spacial score (nSPS) is 12.2. The SMILES string of the molecule is C#CC(C)(C)NS(=O)(=O)c1c(Cl)cc(N)cc1Cl. The van der Waals surface area contributed by atoms with Gasteiger partial charge in [0.25, 0.3) is 0 Å². The molecule has 3 N–H and O–H groups in total. The molecule has 0 spiro atoms. The minimum absolute atomic E-state index is 0.0553. The first kappa shape index (κ1) is 15.1. The molecule has 0 aromatic heterocycles. The summed E-state index contributed by atoms with van der Waals surface area (Å²) >= 11 is 11.7. The Morgan fingerprint density at radius 1 is 1.33 bits per heavy atom. The standard InChI is InChI=1S/C11H12Cl2N2O2S/c1-4-11(2,3)15-18(16,17)10-8(12)5-7(14)6-9(10)13/h1,5-6,15H,14H2,2-3H3. The number of nitrogens with one attached hydrogen (secondary N) is 1. The van der Waals surface area contributed by atoms with Crippen molar-refractivity contribution in [3.8, 4) is 12.3 Å². The summed E-state index contributed by atoms with van der Waals surface area (Å²) in [6.45, 7) is 3.09. The van der Waals surface area contributed by atoms with Crippen LogP contribution < -0.4 is 10.5 Å². The van der Waals surface area contributed by atoms with Crippen LogP contribution >= 0.6 is 23.2 Å². The minimum Gasteiger partial charge on any atom is -0.399 e. The molecule has 0 aliphatic rings. The van der Waals surface area contributed by atoms with E-state index in [1.54, 1.807) is 13.8 Å². The molecule has 0 aliphatic carbocycles. The van der Waals surface area contributed by atoms with Crippen LogP contribution in [0.3, 0.4) is 0 Å². The van der Waals surface area contributed by atoms with E-state index in [0.29, 0.717) is 0 Å². The summed E-state index contributed by atoms with van der Waals surface area (Å²) in [4.78, 5) is -0.233. The fourth-order valence-corrected chi connectivity index (χ4v) is 3.83.